The Kier molecular flexibility index (Phi) is 10.00. The Hall–Kier alpha value is -3.47. The van der Waals surface area contributed by atoms with Crippen molar-refractivity contribution >= 4 is 51.2 Å². The van der Waals surface area contributed by atoms with Gasteiger partial charge in [0.1, 0.15) is 12.6 Å². The van der Waals surface area contributed by atoms with Gasteiger partial charge in [0.15, 0.2) is 11.5 Å². The van der Waals surface area contributed by atoms with Crippen LogP contribution in [0.3, 0.4) is 0 Å². The lowest BCUT2D eigenvalue weighted by molar-refractivity contribution is -0.143. The van der Waals surface area contributed by atoms with Crippen LogP contribution in [-0.4, -0.2) is 33.4 Å². The fourth-order valence-corrected chi connectivity index (χ4v) is 6.23. The number of nitrogens with zero attached hydrogens (tertiary/aromatic N) is 3. The minimum Gasteiger partial charge on any atom is -0.490 e. The van der Waals surface area contributed by atoms with Crippen LogP contribution in [0.1, 0.15) is 50.4 Å². The Morgan fingerprint density at radius 2 is 1.91 bits per heavy atom. The van der Waals surface area contributed by atoms with Crippen LogP contribution in [0.2, 0.25) is 5.02 Å². The van der Waals surface area contributed by atoms with E-state index in [1.54, 1.807) is 4.68 Å². The minimum atomic E-state index is -0.608. The van der Waals surface area contributed by atoms with E-state index in [1.807, 2.05) is 94.4 Å². The van der Waals surface area contributed by atoms with Crippen LogP contribution in [0.25, 0.3) is 0 Å². The molecule has 0 bridgehead atoms. The number of ether oxygens (including phenoxy) is 3. The second kappa shape index (κ2) is 13.9. The highest BCUT2D eigenvalue weighted by atomic mass is 79.9. The number of allylic oxidation sites excluding steroid dienone is 1. The summed E-state index contributed by atoms with van der Waals surface area (Å²) in [6, 6.07) is 20.7. The summed E-state index contributed by atoms with van der Waals surface area (Å²) in [5.74, 6) is 1.86. The highest BCUT2D eigenvalue weighted by molar-refractivity contribution is 9.10. The molecule has 0 fully saturated rings. The van der Waals surface area contributed by atoms with Gasteiger partial charge in [0.05, 0.1) is 18.3 Å². The summed E-state index contributed by atoms with van der Waals surface area (Å²) in [4.78, 5) is 18.2. The van der Waals surface area contributed by atoms with E-state index in [4.69, 9.17) is 35.9 Å². The summed E-state index contributed by atoms with van der Waals surface area (Å²) in [6.07, 6.45) is -0.292. The van der Waals surface area contributed by atoms with Gasteiger partial charge >= 0.3 is 5.97 Å². The average molecular weight is 684 g/mol. The zero-order valence-electron chi connectivity index (χ0n) is 24.3. The van der Waals surface area contributed by atoms with Gasteiger partial charge in [0.25, 0.3) is 0 Å². The number of nitrogens with one attached hydrogen (secondary N) is 1. The number of esters is 1. The molecule has 0 radical (unpaired) electrons. The van der Waals surface area contributed by atoms with Crippen LogP contribution < -0.4 is 14.8 Å². The lowest BCUT2D eigenvalue weighted by Gasteiger charge is -2.29. The van der Waals surface area contributed by atoms with Crippen molar-refractivity contribution in [3.05, 3.63) is 104 Å². The van der Waals surface area contributed by atoms with Gasteiger partial charge in [-0.25, -0.2) is 9.48 Å². The van der Waals surface area contributed by atoms with Crippen LogP contribution in [0.15, 0.2) is 87.6 Å². The molecule has 1 aromatic heterocycles. The first-order valence-electron chi connectivity index (χ1n) is 13.9. The zero-order chi connectivity index (χ0) is 30.5. The quantitative estimate of drug-likeness (QED) is 0.125. The SMILES string of the molecule is CCOc1cc(C2C(C(=O)OC(C)C)=C(C)Nc3nc(SCc4ccccc4Cl)nn32)ccc1OCc1cccc(Br)c1. The first kappa shape index (κ1) is 31.0. The van der Waals surface area contributed by atoms with Gasteiger partial charge in [-0.1, -0.05) is 75.7 Å². The van der Waals surface area contributed by atoms with Gasteiger partial charge in [0.2, 0.25) is 11.1 Å². The summed E-state index contributed by atoms with van der Waals surface area (Å²) < 4.78 is 20.6. The third-order valence-electron chi connectivity index (χ3n) is 6.58. The van der Waals surface area contributed by atoms with Crippen molar-refractivity contribution in [2.45, 2.75) is 57.4 Å². The molecule has 0 spiro atoms. The maximum absolute atomic E-state index is 13.5. The molecular weight excluding hydrogens is 652 g/mol. The van der Waals surface area contributed by atoms with Crippen LogP contribution >= 0.6 is 39.3 Å². The molecule has 1 atom stereocenters. The Morgan fingerprint density at radius 1 is 1.09 bits per heavy atom. The predicted molar refractivity (Wildman–Crippen MR) is 173 cm³/mol. The number of hydrogen-bond donors (Lipinski definition) is 1. The third kappa shape index (κ3) is 7.37. The van der Waals surface area contributed by atoms with Crippen molar-refractivity contribution in [3.63, 3.8) is 0 Å². The van der Waals surface area contributed by atoms with Gasteiger partial charge in [0, 0.05) is 20.9 Å². The van der Waals surface area contributed by atoms with Crippen LogP contribution in [0, 0.1) is 0 Å². The summed E-state index contributed by atoms with van der Waals surface area (Å²) in [7, 11) is 0. The van der Waals surface area contributed by atoms with Gasteiger partial charge in [-0.15, -0.1) is 5.10 Å². The van der Waals surface area contributed by atoms with Gasteiger partial charge < -0.3 is 19.5 Å². The molecule has 1 aliphatic heterocycles. The lowest BCUT2D eigenvalue weighted by atomic mass is 9.95. The Morgan fingerprint density at radius 3 is 2.65 bits per heavy atom. The van der Waals surface area contributed by atoms with E-state index in [0.29, 0.717) is 57.9 Å². The summed E-state index contributed by atoms with van der Waals surface area (Å²) in [6.45, 7) is 8.23. The Bertz CT molecular complexity index is 1660. The van der Waals surface area contributed by atoms with Crippen molar-refractivity contribution in [1.82, 2.24) is 14.8 Å². The van der Waals surface area contributed by atoms with Crippen molar-refractivity contribution in [3.8, 4) is 11.5 Å². The molecule has 0 amide bonds. The van der Waals surface area contributed by atoms with E-state index in [1.165, 1.54) is 11.8 Å². The highest BCUT2D eigenvalue weighted by Crippen LogP contribution is 2.40. The largest absolute Gasteiger partial charge is 0.490 e. The van der Waals surface area contributed by atoms with Crippen molar-refractivity contribution in [2.75, 3.05) is 11.9 Å². The number of carbonyl (C=O) groups is 1. The second-order valence-electron chi connectivity index (χ2n) is 10.1. The van der Waals surface area contributed by atoms with Gasteiger partial charge in [-0.05, 0) is 74.7 Å². The van der Waals surface area contributed by atoms with Crippen LogP contribution in [0.4, 0.5) is 5.95 Å². The van der Waals surface area contributed by atoms with E-state index in [0.717, 1.165) is 21.2 Å². The number of halogens is 2. The molecule has 0 saturated heterocycles. The molecule has 5 rings (SSSR count). The van der Waals surface area contributed by atoms with E-state index in [-0.39, 0.29) is 6.10 Å². The van der Waals surface area contributed by atoms with Crippen molar-refractivity contribution < 1.29 is 19.0 Å². The van der Waals surface area contributed by atoms with E-state index >= 15 is 0 Å². The predicted octanol–water partition coefficient (Wildman–Crippen LogP) is 8.20. The molecule has 11 heteroatoms. The molecule has 0 saturated carbocycles. The minimum absolute atomic E-state index is 0.292. The van der Waals surface area contributed by atoms with E-state index in [9.17, 15) is 4.79 Å². The smallest absolute Gasteiger partial charge is 0.338 e. The molecular formula is C32H32BrClN4O4S. The maximum atomic E-state index is 13.5. The molecule has 8 nitrogen and oxygen atoms in total. The second-order valence-corrected chi connectivity index (χ2v) is 12.4. The first-order valence-corrected chi connectivity index (χ1v) is 16.0. The summed E-state index contributed by atoms with van der Waals surface area (Å²) in [5.41, 5.74) is 3.88. The Balaban J connectivity index is 1.50. The number of carbonyl (C=O) groups excluding carboxylic acids is 1. The highest BCUT2D eigenvalue weighted by Gasteiger charge is 2.36. The number of benzene rings is 3. The molecule has 4 aromatic rings. The van der Waals surface area contributed by atoms with Crippen LogP contribution in [-0.2, 0) is 21.9 Å². The average Bonchev–Trinajstić information content (AvgIpc) is 3.37. The summed E-state index contributed by atoms with van der Waals surface area (Å²) in [5, 5.41) is 9.33. The number of thioether (sulfide) groups is 1. The lowest BCUT2D eigenvalue weighted by Crippen LogP contribution is -2.30. The maximum Gasteiger partial charge on any atom is 0.338 e. The van der Waals surface area contributed by atoms with Crippen LogP contribution in [0.5, 0.6) is 11.5 Å². The number of hydrogen-bond acceptors (Lipinski definition) is 8. The molecule has 1 unspecified atom stereocenters. The Labute approximate surface area is 268 Å². The summed E-state index contributed by atoms with van der Waals surface area (Å²) >= 11 is 11.4. The number of fused-ring (bicyclic) bond motifs is 1. The topological polar surface area (TPSA) is 87.5 Å². The molecule has 1 aliphatic rings. The van der Waals surface area contributed by atoms with Crippen molar-refractivity contribution in [1.29, 1.82) is 0 Å². The molecule has 0 aliphatic carbocycles. The van der Waals surface area contributed by atoms with E-state index in [2.05, 4.69) is 21.2 Å². The van der Waals surface area contributed by atoms with E-state index < -0.39 is 12.0 Å². The van der Waals surface area contributed by atoms with Crippen molar-refractivity contribution in [2.24, 2.45) is 0 Å². The van der Waals surface area contributed by atoms with Gasteiger partial charge in [-0.2, -0.15) is 4.98 Å². The first-order chi connectivity index (χ1) is 20.7. The fourth-order valence-electron chi connectivity index (χ4n) is 4.67. The molecule has 224 valence electrons. The van der Waals surface area contributed by atoms with Gasteiger partial charge in [-0.3, -0.25) is 0 Å². The normalized spacial score (nSPS) is 14.3. The molecule has 3 aromatic carbocycles. The zero-order valence-corrected chi connectivity index (χ0v) is 27.4. The third-order valence-corrected chi connectivity index (χ3v) is 8.33. The number of anilines is 1. The monoisotopic (exact) mass is 682 g/mol. The number of aromatic nitrogens is 3. The molecule has 1 N–H and O–H groups in total. The fraction of sp³-hybridized carbons (Fsp3) is 0.281. The molecule has 2 heterocycles. The number of rotatable bonds is 11. The standard InChI is InChI=1S/C32H32BrClN4O4S/c1-5-40-27-16-22(13-14-26(27)41-17-21-9-8-11-24(33)15-21)29-28(30(39)42-19(2)3)20(4)35-31-36-32(37-38(29)31)43-18-23-10-6-7-12-25(23)34/h6-16,19,29H,5,17-18H2,1-4H3,(H,35,36,37). The molecule has 43 heavy (non-hydrogen) atoms.